The molecule has 0 aliphatic heterocycles. The van der Waals surface area contributed by atoms with E-state index in [-0.39, 0.29) is 12.7 Å². The quantitative estimate of drug-likeness (QED) is 0.825. The molecule has 0 aromatic heterocycles. The van der Waals surface area contributed by atoms with Gasteiger partial charge in [0.1, 0.15) is 0 Å². The highest BCUT2D eigenvalue weighted by Crippen LogP contribution is 2.26. The summed E-state index contributed by atoms with van der Waals surface area (Å²) in [6.45, 7) is 0.160. The normalized spacial score (nSPS) is 19.2. The smallest absolute Gasteiger partial charge is 0.330 e. The summed E-state index contributed by atoms with van der Waals surface area (Å²) in [6, 6.07) is 9.22. The first-order valence-electron chi connectivity index (χ1n) is 6.78. The highest BCUT2D eigenvalue weighted by atomic mass is 16.5. The van der Waals surface area contributed by atoms with Crippen molar-refractivity contribution in [2.45, 2.75) is 37.3 Å². The van der Waals surface area contributed by atoms with Gasteiger partial charge in [-0.2, -0.15) is 0 Å². The maximum absolute atomic E-state index is 11.7. The number of hydrogen-bond acceptors (Lipinski definition) is 3. The Bertz CT molecular complexity index is 415. The Labute approximate surface area is 113 Å². The van der Waals surface area contributed by atoms with Crippen LogP contribution in [0.5, 0.6) is 0 Å². The van der Waals surface area contributed by atoms with E-state index < -0.39 is 11.5 Å². The van der Waals surface area contributed by atoms with Crippen LogP contribution in [0.25, 0.3) is 0 Å². The van der Waals surface area contributed by atoms with Crippen molar-refractivity contribution in [3.05, 3.63) is 35.9 Å². The van der Waals surface area contributed by atoms with Crippen LogP contribution in [0.1, 0.15) is 31.2 Å². The average Bonchev–Trinajstić information content (AvgIpc) is 2.94. The number of ether oxygens (including phenoxy) is 1. The van der Waals surface area contributed by atoms with Crippen LogP contribution in [-0.4, -0.2) is 30.8 Å². The number of rotatable bonds is 6. The number of benzene rings is 1. The predicted molar refractivity (Wildman–Crippen MR) is 73.0 cm³/mol. The molecule has 0 amide bonds. The van der Waals surface area contributed by atoms with E-state index >= 15 is 0 Å². The first-order valence-corrected chi connectivity index (χ1v) is 6.78. The topological polar surface area (TPSA) is 58.6 Å². The van der Waals surface area contributed by atoms with Gasteiger partial charge < -0.3 is 9.84 Å². The van der Waals surface area contributed by atoms with Crippen molar-refractivity contribution in [1.82, 2.24) is 5.32 Å². The lowest BCUT2D eigenvalue weighted by Gasteiger charge is -2.30. The number of carbonyl (C=O) groups is 1. The summed E-state index contributed by atoms with van der Waals surface area (Å²) in [5.41, 5.74) is -0.438. The second-order valence-corrected chi connectivity index (χ2v) is 5.04. The van der Waals surface area contributed by atoms with Gasteiger partial charge in [0, 0.05) is 0 Å². The molecule has 0 bridgehead atoms. The van der Waals surface area contributed by atoms with E-state index in [9.17, 15) is 9.90 Å². The molecule has 0 heterocycles. The van der Waals surface area contributed by atoms with Crippen molar-refractivity contribution in [1.29, 1.82) is 0 Å². The van der Waals surface area contributed by atoms with Crippen LogP contribution in [0.3, 0.4) is 0 Å². The number of aliphatic carboxylic acids is 1. The lowest BCUT2D eigenvalue weighted by molar-refractivity contribution is -0.149. The van der Waals surface area contributed by atoms with E-state index in [1.54, 1.807) is 7.05 Å². The fraction of sp³-hybridized carbons (Fsp3) is 0.533. The minimum absolute atomic E-state index is 0.160. The number of likely N-dealkylation sites (N-methyl/N-ethyl adjacent to an activating group) is 1. The van der Waals surface area contributed by atoms with Crippen LogP contribution < -0.4 is 5.32 Å². The summed E-state index contributed by atoms with van der Waals surface area (Å²) >= 11 is 0. The lowest BCUT2D eigenvalue weighted by Crippen LogP contribution is -2.51. The van der Waals surface area contributed by atoms with Crippen LogP contribution in [0, 0.1) is 0 Å². The summed E-state index contributed by atoms with van der Waals surface area (Å²) in [4.78, 5) is 11.7. The predicted octanol–water partition coefficient (Wildman–Crippen LogP) is 2.15. The van der Waals surface area contributed by atoms with E-state index in [1.807, 2.05) is 30.3 Å². The molecule has 0 radical (unpaired) electrons. The number of nitrogens with one attached hydrogen (secondary N) is 1. The third kappa shape index (κ3) is 2.96. The largest absolute Gasteiger partial charge is 0.480 e. The van der Waals surface area contributed by atoms with E-state index in [0.29, 0.717) is 0 Å². The van der Waals surface area contributed by atoms with E-state index in [0.717, 1.165) is 18.4 Å². The molecule has 104 valence electrons. The molecule has 0 saturated heterocycles. The number of carboxylic acid groups (broad SMARTS) is 1. The van der Waals surface area contributed by atoms with E-state index in [4.69, 9.17) is 4.74 Å². The molecular weight excluding hydrogens is 242 g/mol. The van der Waals surface area contributed by atoms with Crippen LogP contribution in [0.2, 0.25) is 0 Å². The van der Waals surface area contributed by atoms with Gasteiger partial charge in [0.25, 0.3) is 0 Å². The molecule has 1 aromatic rings. The first-order chi connectivity index (χ1) is 9.19. The molecule has 1 aliphatic rings. The van der Waals surface area contributed by atoms with Crippen molar-refractivity contribution in [2.75, 3.05) is 13.7 Å². The average molecular weight is 263 g/mol. The van der Waals surface area contributed by atoms with Gasteiger partial charge in [0.15, 0.2) is 5.54 Å². The van der Waals surface area contributed by atoms with Gasteiger partial charge in [0.2, 0.25) is 0 Å². The fourth-order valence-electron chi connectivity index (χ4n) is 2.61. The third-order valence-corrected chi connectivity index (χ3v) is 3.90. The molecule has 1 atom stereocenters. The second kappa shape index (κ2) is 6.17. The third-order valence-electron chi connectivity index (χ3n) is 3.90. The molecule has 19 heavy (non-hydrogen) atoms. The molecule has 4 nitrogen and oxygen atoms in total. The molecule has 1 saturated carbocycles. The molecular formula is C15H21NO3. The minimum Gasteiger partial charge on any atom is -0.480 e. The Kier molecular flexibility index (Phi) is 4.56. The van der Waals surface area contributed by atoms with Gasteiger partial charge in [-0.15, -0.1) is 0 Å². The van der Waals surface area contributed by atoms with Crippen molar-refractivity contribution in [2.24, 2.45) is 0 Å². The maximum Gasteiger partial charge on any atom is 0.330 e. The van der Waals surface area contributed by atoms with Crippen LogP contribution >= 0.6 is 0 Å². The molecule has 0 spiro atoms. The molecule has 1 fully saturated rings. The SMILES string of the molecule is CNC(COC1CCCC1)(C(=O)O)c1ccccc1. The van der Waals surface area contributed by atoms with Crippen LogP contribution in [0.15, 0.2) is 30.3 Å². The minimum atomic E-state index is -1.16. The van der Waals surface area contributed by atoms with Gasteiger partial charge >= 0.3 is 5.97 Å². The summed E-state index contributed by atoms with van der Waals surface area (Å²) in [5, 5.41) is 12.5. The fourth-order valence-corrected chi connectivity index (χ4v) is 2.61. The molecule has 1 aliphatic carbocycles. The monoisotopic (exact) mass is 263 g/mol. The van der Waals surface area contributed by atoms with Gasteiger partial charge in [-0.25, -0.2) is 4.79 Å². The van der Waals surface area contributed by atoms with Crippen molar-refractivity contribution in [3.63, 3.8) is 0 Å². The maximum atomic E-state index is 11.7. The Balaban J connectivity index is 2.16. The lowest BCUT2D eigenvalue weighted by atomic mass is 9.91. The van der Waals surface area contributed by atoms with E-state index in [1.165, 1.54) is 12.8 Å². The molecule has 2 rings (SSSR count). The van der Waals surface area contributed by atoms with Crippen LogP contribution in [0.4, 0.5) is 0 Å². The first kappa shape index (κ1) is 14.0. The number of carboxylic acids is 1. The molecule has 4 heteroatoms. The summed E-state index contributed by atoms with van der Waals surface area (Å²) in [5.74, 6) is -0.904. The zero-order valence-corrected chi connectivity index (χ0v) is 11.3. The Morgan fingerprint density at radius 1 is 1.37 bits per heavy atom. The van der Waals surface area contributed by atoms with Gasteiger partial charge in [-0.3, -0.25) is 5.32 Å². The summed E-state index contributed by atoms with van der Waals surface area (Å²) in [6.07, 6.45) is 4.63. The van der Waals surface area contributed by atoms with Crippen molar-refractivity contribution in [3.8, 4) is 0 Å². The van der Waals surface area contributed by atoms with Crippen molar-refractivity contribution >= 4 is 5.97 Å². The van der Waals surface area contributed by atoms with Gasteiger partial charge in [0.05, 0.1) is 12.7 Å². The van der Waals surface area contributed by atoms with Gasteiger partial charge in [-0.05, 0) is 25.5 Å². The standard InChI is InChI=1S/C15H21NO3/c1-16-15(14(17)18,12-7-3-2-4-8-12)11-19-13-9-5-6-10-13/h2-4,7-8,13,16H,5-6,9-11H2,1H3,(H,17,18). The van der Waals surface area contributed by atoms with Crippen LogP contribution in [-0.2, 0) is 15.1 Å². The summed E-state index contributed by atoms with van der Waals surface area (Å²) in [7, 11) is 1.67. The Morgan fingerprint density at radius 2 is 2.00 bits per heavy atom. The van der Waals surface area contributed by atoms with E-state index in [2.05, 4.69) is 5.32 Å². The molecule has 1 unspecified atom stereocenters. The zero-order valence-electron chi connectivity index (χ0n) is 11.3. The molecule has 1 aromatic carbocycles. The second-order valence-electron chi connectivity index (χ2n) is 5.04. The Morgan fingerprint density at radius 3 is 2.53 bits per heavy atom. The summed E-state index contributed by atoms with van der Waals surface area (Å²) < 4.78 is 5.83. The van der Waals surface area contributed by atoms with Crippen molar-refractivity contribution < 1.29 is 14.6 Å². The molecule has 2 N–H and O–H groups in total. The highest BCUT2D eigenvalue weighted by molar-refractivity contribution is 5.81. The van der Waals surface area contributed by atoms with Gasteiger partial charge in [-0.1, -0.05) is 43.2 Å². The Hall–Kier alpha value is -1.39. The zero-order chi connectivity index (χ0) is 13.7. The highest BCUT2D eigenvalue weighted by Gasteiger charge is 2.40. The number of hydrogen-bond donors (Lipinski definition) is 2.